The standard InChI is InChI=1S/C14H19Cl2NO3S/c1-5-21(18,19)17(4)12-8-14(2,3)20-13-10(12)6-9(15)7-11(13)16/h6-7,12H,5,8H2,1-4H3. The van der Waals surface area contributed by atoms with Crippen LogP contribution < -0.4 is 4.74 Å². The van der Waals surface area contributed by atoms with Crippen molar-refractivity contribution in [2.45, 2.75) is 38.8 Å². The molecule has 0 aromatic heterocycles. The third kappa shape index (κ3) is 3.31. The van der Waals surface area contributed by atoms with Crippen LogP contribution in [0, 0.1) is 0 Å². The summed E-state index contributed by atoms with van der Waals surface area (Å²) in [4.78, 5) is 0. The lowest BCUT2D eigenvalue weighted by molar-refractivity contribution is 0.0543. The molecule has 118 valence electrons. The Morgan fingerprint density at radius 1 is 1.38 bits per heavy atom. The lowest BCUT2D eigenvalue weighted by atomic mass is 9.90. The number of hydrogen-bond donors (Lipinski definition) is 0. The molecule has 0 fully saturated rings. The second-order valence-electron chi connectivity index (χ2n) is 5.80. The third-order valence-electron chi connectivity index (χ3n) is 3.70. The van der Waals surface area contributed by atoms with Crippen molar-refractivity contribution in [1.29, 1.82) is 0 Å². The molecule has 4 nitrogen and oxygen atoms in total. The first-order valence-corrected chi connectivity index (χ1v) is 9.07. The lowest BCUT2D eigenvalue weighted by Crippen LogP contribution is -2.42. The summed E-state index contributed by atoms with van der Waals surface area (Å²) in [6, 6.07) is 2.99. The zero-order valence-electron chi connectivity index (χ0n) is 12.5. The SMILES string of the molecule is CCS(=O)(=O)N(C)C1CC(C)(C)Oc2c(Cl)cc(Cl)cc21. The van der Waals surface area contributed by atoms with E-state index in [2.05, 4.69) is 0 Å². The molecule has 2 rings (SSSR count). The molecule has 1 aromatic rings. The number of sulfonamides is 1. The Morgan fingerprint density at radius 3 is 2.57 bits per heavy atom. The van der Waals surface area contributed by atoms with E-state index in [9.17, 15) is 8.42 Å². The van der Waals surface area contributed by atoms with Crippen LogP contribution in [0.1, 0.15) is 38.8 Å². The van der Waals surface area contributed by atoms with Gasteiger partial charge in [-0.1, -0.05) is 23.2 Å². The van der Waals surface area contributed by atoms with Crippen LogP contribution in [-0.4, -0.2) is 31.1 Å². The molecule has 1 aliphatic rings. The zero-order chi connectivity index (χ0) is 16.0. The highest BCUT2D eigenvalue weighted by Gasteiger charge is 2.40. The minimum absolute atomic E-state index is 0.0465. The van der Waals surface area contributed by atoms with Crippen LogP contribution in [0.2, 0.25) is 10.0 Å². The molecule has 1 aromatic carbocycles. The molecule has 0 spiro atoms. The summed E-state index contributed by atoms with van der Waals surface area (Å²) in [5, 5.41) is 0.868. The fraction of sp³-hybridized carbons (Fsp3) is 0.571. The van der Waals surface area contributed by atoms with Gasteiger partial charge in [0.25, 0.3) is 0 Å². The smallest absolute Gasteiger partial charge is 0.214 e. The van der Waals surface area contributed by atoms with E-state index in [4.69, 9.17) is 27.9 Å². The largest absolute Gasteiger partial charge is 0.486 e. The molecule has 0 saturated heterocycles. The van der Waals surface area contributed by atoms with Crippen LogP contribution in [0.3, 0.4) is 0 Å². The van der Waals surface area contributed by atoms with Gasteiger partial charge in [0, 0.05) is 24.1 Å². The average molecular weight is 352 g/mol. The van der Waals surface area contributed by atoms with Crippen LogP contribution >= 0.6 is 23.2 Å². The Labute approximate surface area is 136 Å². The maximum atomic E-state index is 12.2. The normalized spacial score (nSPS) is 21.0. The molecule has 0 amide bonds. The van der Waals surface area contributed by atoms with E-state index < -0.39 is 15.6 Å². The van der Waals surface area contributed by atoms with Crippen molar-refractivity contribution in [3.8, 4) is 5.75 Å². The summed E-state index contributed by atoms with van der Waals surface area (Å²) in [7, 11) is -1.74. The highest BCUT2D eigenvalue weighted by atomic mass is 35.5. The summed E-state index contributed by atoms with van der Waals surface area (Å²) in [6.07, 6.45) is 0.534. The molecular formula is C14H19Cl2NO3S. The van der Waals surface area contributed by atoms with E-state index in [1.165, 1.54) is 4.31 Å². The average Bonchev–Trinajstić information content (AvgIpc) is 2.37. The fourth-order valence-electron chi connectivity index (χ4n) is 2.55. The summed E-state index contributed by atoms with van der Waals surface area (Å²) in [5.74, 6) is 0.561. The molecular weight excluding hydrogens is 333 g/mol. The topological polar surface area (TPSA) is 46.6 Å². The third-order valence-corrected chi connectivity index (χ3v) is 6.06. The monoisotopic (exact) mass is 351 g/mol. The first kappa shape index (κ1) is 16.9. The molecule has 0 bridgehead atoms. The summed E-state index contributed by atoms with van der Waals surface area (Å²) in [6.45, 7) is 5.46. The van der Waals surface area contributed by atoms with Crippen molar-refractivity contribution in [1.82, 2.24) is 4.31 Å². The van der Waals surface area contributed by atoms with Gasteiger partial charge in [-0.2, -0.15) is 4.31 Å². The van der Waals surface area contributed by atoms with E-state index in [1.807, 2.05) is 13.8 Å². The number of rotatable bonds is 3. The van der Waals surface area contributed by atoms with Crippen LogP contribution in [0.25, 0.3) is 0 Å². The molecule has 1 heterocycles. The lowest BCUT2D eigenvalue weighted by Gasteiger charge is -2.41. The van der Waals surface area contributed by atoms with Gasteiger partial charge in [-0.05, 0) is 32.9 Å². The van der Waals surface area contributed by atoms with Crippen molar-refractivity contribution in [3.63, 3.8) is 0 Å². The molecule has 1 atom stereocenters. The number of benzene rings is 1. The Balaban J connectivity index is 2.59. The molecule has 1 aliphatic heterocycles. The summed E-state index contributed by atoms with van der Waals surface area (Å²) >= 11 is 12.3. The molecule has 7 heteroatoms. The summed E-state index contributed by atoms with van der Waals surface area (Å²) in [5.41, 5.74) is 0.207. The van der Waals surface area contributed by atoms with Gasteiger partial charge < -0.3 is 4.74 Å². The highest BCUT2D eigenvalue weighted by molar-refractivity contribution is 7.89. The molecule has 0 saturated carbocycles. The second-order valence-corrected chi connectivity index (χ2v) is 8.97. The van der Waals surface area contributed by atoms with E-state index in [0.717, 1.165) is 0 Å². The predicted molar refractivity (Wildman–Crippen MR) is 85.8 cm³/mol. The number of nitrogens with zero attached hydrogens (tertiary/aromatic N) is 1. The molecule has 1 unspecified atom stereocenters. The van der Waals surface area contributed by atoms with Crippen molar-refractivity contribution in [2.24, 2.45) is 0 Å². The van der Waals surface area contributed by atoms with Gasteiger partial charge in [-0.3, -0.25) is 0 Å². The van der Waals surface area contributed by atoms with E-state index in [1.54, 1.807) is 26.1 Å². The quantitative estimate of drug-likeness (QED) is 0.829. The number of fused-ring (bicyclic) bond motifs is 1. The van der Waals surface area contributed by atoms with Gasteiger partial charge in [0.1, 0.15) is 11.4 Å². The number of halogens is 2. The van der Waals surface area contributed by atoms with Crippen molar-refractivity contribution in [3.05, 3.63) is 27.7 Å². The molecule has 0 N–H and O–H groups in total. The second kappa shape index (κ2) is 5.61. The predicted octanol–water partition coefficient (Wildman–Crippen LogP) is 3.88. The molecule has 0 radical (unpaired) electrons. The molecule has 0 aliphatic carbocycles. The van der Waals surface area contributed by atoms with Crippen LogP contribution in [0.5, 0.6) is 5.75 Å². The summed E-state index contributed by atoms with van der Waals surface area (Å²) < 4.78 is 31.7. The first-order chi connectivity index (χ1) is 9.57. The number of ether oxygens (including phenoxy) is 1. The van der Waals surface area contributed by atoms with Gasteiger partial charge in [0.15, 0.2) is 0 Å². The van der Waals surface area contributed by atoms with Crippen LogP contribution in [-0.2, 0) is 10.0 Å². The molecule has 21 heavy (non-hydrogen) atoms. The minimum Gasteiger partial charge on any atom is -0.486 e. The Morgan fingerprint density at radius 2 is 2.00 bits per heavy atom. The van der Waals surface area contributed by atoms with Gasteiger partial charge in [0.05, 0.1) is 16.8 Å². The van der Waals surface area contributed by atoms with Crippen LogP contribution in [0.4, 0.5) is 0 Å². The van der Waals surface area contributed by atoms with Gasteiger partial charge in [-0.15, -0.1) is 0 Å². The van der Waals surface area contributed by atoms with Gasteiger partial charge >= 0.3 is 0 Å². The Hall–Kier alpha value is -0.490. The zero-order valence-corrected chi connectivity index (χ0v) is 14.8. The van der Waals surface area contributed by atoms with E-state index in [-0.39, 0.29) is 11.8 Å². The Kier molecular flexibility index (Phi) is 4.51. The number of hydrogen-bond acceptors (Lipinski definition) is 3. The maximum absolute atomic E-state index is 12.2. The fourth-order valence-corrected chi connectivity index (χ4v) is 4.08. The van der Waals surface area contributed by atoms with Crippen molar-refractivity contribution < 1.29 is 13.2 Å². The Bertz CT molecular complexity index is 658. The van der Waals surface area contributed by atoms with Crippen molar-refractivity contribution >= 4 is 33.2 Å². The highest BCUT2D eigenvalue weighted by Crippen LogP contribution is 2.47. The van der Waals surface area contributed by atoms with Crippen LogP contribution in [0.15, 0.2) is 12.1 Å². The van der Waals surface area contributed by atoms with Gasteiger partial charge in [0.2, 0.25) is 10.0 Å². The van der Waals surface area contributed by atoms with E-state index >= 15 is 0 Å². The van der Waals surface area contributed by atoms with Gasteiger partial charge in [-0.25, -0.2) is 8.42 Å². The van der Waals surface area contributed by atoms with Crippen molar-refractivity contribution in [2.75, 3.05) is 12.8 Å². The maximum Gasteiger partial charge on any atom is 0.214 e. The van der Waals surface area contributed by atoms with E-state index in [0.29, 0.717) is 27.8 Å². The minimum atomic E-state index is -3.32. The first-order valence-electron chi connectivity index (χ1n) is 6.71.